The molecule has 5 heteroatoms. The van der Waals surface area contributed by atoms with Gasteiger partial charge >= 0.3 is 5.69 Å². The molecule has 15 heavy (non-hydrogen) atoms. The molecule has 0 spiro atoms. The number of hydrogen-bond acceptors (Lipinski definition) is 3. The fourth-order valence-electron chi connectivity index (χ4n) is 1.37. The van der Waals surface area contributed by atoms with E-state index in [1.165, 1.54) is 15.6 Å². The average molecular weight is 204 g/mol. The molecule has 0 saturated carbocycles. The summed E-state index contributed by atoms with van der Waals surface area (Å²) in [5.74, 6) is 0. The Labute approximate surface area is 86.8 Å². The molecule has 2 aromatic rings. The number of rotatable bonds is 2. The molecule has 0 aliphatic rings. The molecule has 1 aromatic carbocycles. The zero-order valence-electron chi connectivity index (χ0n) is 8.42. The van der Waals surface area contributed by atoms with E-state index in [0.717, 1.165) is 5.69 Å². The summed E-state index contributed by atoms with van der Waals surface area (Å²) >= 11 is 0. The number of hydrogen-bond donors (Lipinski definition) is 1. The molecular weight excluding hydrogens is 192 g/mol. The van der Waals surface area contributed by atoms with Crippen molar-refractivity contribution in [2.75, 3.05) is 5.73 Å². The highest BCUT2D eigenvalue weighted by atomic mass is 16.2. The lowest BCUT2D eigenvalue weighted by atomic mass is 10.3. The van der Waals surface area contributed by atoms with E-state index in [2.05, 4.69) is 5.10 Å². The maximum atomic E-state index is 11.7. The lowest BCUT2D eigenvalue weighted by Gasteiger charge is -2.00. The zero-order valence-corrected chi connectivity index (χ0v) is 8.42. The van der Waals surface area contributed by atoms with Gasteiger partial charge in [-0.3, -0.25) is 0 Å². The number of anilines is 1. The first-order chi connectivity index (χ1) is 7.22. The van der Waals surface area contributed by atoms with Crippen molar-refractivity contribution in [2.24, 2.45) is 0 Å². The summed E-state index contributed by atoms with van der Waals surface area (Å²) in [4.78, 5) is 11.7. The van der Waals surface area contributed by atoms with Crippen molar-refractivity contribution in [3.8, 4) is 5.69 Å². The number of aryl methyl sites for hydroxylation is 1. The van der Waals surface area contributed by atoms with Crippen LogP contribution in [0.1, 0.15) is 6.92 Å². The highest BCUT2D eigenvalue weighted by Gasteiger charge is 2.04. The van der Waals surface area contributed by atoms with Gasteiger partial charge in [0.05, 0.1) is 5.69 Å². The van der Waals surface area contributed by atoms with E-state index in [0.29, 0.717) is 12.2 Å². The molecule has 2 N–H and O–H groups in total. The molecule has 0 fully saturated rings. The van der Waals surface area contributed by atoms with Crippen molar-refractivity contribution in [3.05, 3.63) is 41.1 Å². The minimum absolute atomic E-state index is 0.137. The maximum absolute atomic E-state index is 11.7. The van der Waals surface area contributed by atoms with Gasteiger partial charge in [0.15, 0.2) is 0 Å². The second-order valence-electron chi connectivity index (χ2n) is 3.19. The molecule has 78 valence electrons. The number of nitrogens with two attached hydrogens (primary N) is 1. The highest BCUT2D eigenvalue weighted by Crippen LogP contribution is 2.07. The fraction of sp³-hybridized carbons (Fsp3) is 0.200. The molecule has 0 aliphatic heterocycles. The molecule has 0 aliphatic carbocycles. The van der Waals surface area contributed by atoms with Gasteiger partial charge in [0.25, 0.3) is 0 Å². The number of benzene rings is 1. The molecule has 5 nitrogen and oxygen atoms in total. The molecule has 0 saturated heterocycles. The standard InChI is InChI=1S/C10H12N4O/c1-2-14-10(15)13(7-12-14)9-5-3-8(11)4-6-9/h3-7H,2,11H2,1H3. The van der Waals surface area contributed by atoms with Gasteiger partial charge in [-0.15, -0.1) is 0 Å². The third-order valence-corrected chi connectivity index (χ3v) is 2.20. The third-order valence-electron chi connectivity index (χ3n) is 2.20. The van der Waals surface area contributed by atoms with Crippen LogP contribution in [0.5, 0.6) is 0 Å². The van der Waals surface area contributed by atoms with Crippen molar-refractivity contribution in [1.82, 2.24) is 14.3 Å². The molecule has 0 amide bonds. The first-order valence-corrected chi connectivity index (χ1v) is 4.72. The van der Waals surface area contributed by atoms with Crippen molar-refractivity contribution in [3.63, 3.8) is 0 Å². The van der Waals surface area contributed by atoms with Crippen LogP contribution >= 0.6 is 0 Å². The van der Waals surface area contributed by atoms with Crippen molar-refractivity contribution in [2.45, 2.75) is 13.5 Å². The fourth-order valence-corrected chi connectivity index (χ4v) is 1.37. The Morgan fingerprint density at radius 1 is 1.33 bits per heavy atom. The van der Waals surface area contributed by atoms with Gasteiger partial charge in [0.1, 0.15) is 6.33 Å². The van der Waals surface area contributed by atoms with Gasteiger partial charge < -0.3 is 5.73 Å². The predicted octanol–water partition coefficient (Wildman–Crippen LogP) is 0.636. The van der Waals surface area contributed by atoms with Crippen LogP contribution in [0, 0.1) is 0 Å². The quantitative estimate of drug-likeness (QED) is 0.730. The minimum atomic E-state index is -0.137. The Morgan fingerprint density at radius 2 is 2.00 bits per heavy atom. The van der Waals surface area contributed by atoms with E-state index in [4.69, 9.17) is 5.73 Å². The Kier molecular flexibility index (Phi) is 2.29. The van der Waals surface area contributed by atoms with E-state index in [1.54, 1.807) is 24.3 Å². The zero-order chi connectivity index (χ0) is 10.8. The van der Waals surface area contributed by atoms with Crippen LogP contribution in [-0.4, -0.2) is 14.3 Å². The van der Waals surface area contributed by atoms with Gasteiger partial charge in [-0.1, -0.05) is 0 Å². The molecular formula is C10H12N4O. The topological polar surface area (TPSA) is 65.8 Å². The lowest BCUT2D eigenvalue weighted by Crippen LogP contribution is -2.23. The largest absolute Gasteiger partial charge is 0.399 e. The van der Waals surface area contributed by atoms with Gasteiger partial charge in [-0.2, -0.15) is 5.10 Å². The van der Waals surface area contributed by atoms with Crippen LogP contribution in [0.4, 0.5) is 5.69 Å². The molecule has 1 heterocycles. The maximum Gasteiger partial charge on any atom is 0.350 e. The minimum Gasteiger partial charge on any atom is -0.399 e. The van der Waals surface area contributed by atoms with Crippen LogP contribution in [0.15, 0.2) is 35.4 Å². The second kappa shape index (κ2) is 3.61. The van der Waals surface area contributed by atoms with E-state index >= 15 is 0 Å². The summed E-state index contributed by atoms with van der Waals surface area (Å²) < 4.78 is 2.89. The lowest BCUT2D eigenvalue weighted by molar-refractivity contribution is 0.629. The highest BCUT2D eigenvalue weighted by molar-refractivity contribution is 5.44. The number of nitrogen functional groups attached to an aromatic ring is 1. The first-order valence-electron chi connectivity index (χ1n) is 4.72. The summed E-state index contributed by atoms with van der Waals surface area (Å²) in [7, 11) is 0. The Morgan fingerprint density at radius 3 is 2.53 bits per heavy atom. The molecule has 0 radical (unpaired) electrons. The second-order valence-corrected chi connectivity index (χ2v) is 3.19. The molecule has 1 aromatic heterocycles. The van der Waals surface area contributed by atoms with Gasteiger partial charge in [0.2, 0.25) is 0 Å². The number of nitrogens with zero attached hydrogens (tertiary/aromatic N) is 3. The molecule has 2 rings (SSSR count). The summed E-state index contributed by atoms with van der Waals surface area (Å²) in [5, 5.41) is 3.97. The normalized spacial score (nSPS) is 10.5. The average Bonchev–Trinajstić information content (AvgIpc) is 2.61. The van der Waals surface area contributed by atoms with Crippen LogP contribution in [0.3, 0.4) is 0 Å². The van der Waals surface area contributed by atoms with Crippen LogP contribution in [0.2, 0.25) is 0 Å². The summed E-state index contributed by atoms with van der Waals surface area (Å²) in [6.07, 6.45) is 1.51. The molecule has 0 atom stereocenters. The van der Waals surface area contributed by atoms with Crippen molar-refractivity contribution in [1.29, 1.82) is 0 Å². The van der Waals surface area contributed by atoms with Crippen LogP contribution in [0.25, 0.3) is 5.69 Å². The number of aromatic nitrogens is 3. The van der Waals surface area contributed by atoms with Crippen LogP contribution in [-0.2, 0) is 6.54 Å². The first kappa shape index (κ1) is 9.51. The Bertz CT molecular complexity index is 509. The summed E-state index contributed by atoms with van der Waals surface area (Å²) in [6.45, 7) is 2.45. The molecule has 0 unspecified atom stereocenters. The Hall–Kier alpha value is -2.04. The summed E-state index contributed by atoms with van der Waals surface area (Å²) in [5.41, 5.74) is 6.88. The monoisotopic (exact) mass is 204 g/mol. The van der Waals surface area contributed by atoms with Crippen LogP contribution < -0.4 is 11.4 Å². The molecule has 0 bridgehead atoms. The predicted molar refractivity (Wildman–Crippen MR) is 57.9 cm³/mol. The Balaban J connectivity index is 2.50. The third kappa shape index (κ3) is 1.63. The van der Waals surface area contributed by atoms with Gasteiger partial charge in [-0.05, 0) is 31.2 Å². The van der Waals surface area contributed by atoms with Gasteiger partial charge in [0, 0.05) is 12.2 Å². The SMILES string of the molecule is CCn1ncn(-c2ccc(N)cc2)c1=O. The van der Waals surface area contributed by atoms with Crippen molar-refractivity contribution >= 4 is 5.69 Å². The van der Waals surface area contributed by atoms with E-state index in [1.807, 2.05) is 6.92 Å². The van der Waals surface area contributed by atoms with E-state index in [-0.39, 0.29) is 5.69 Å². The van der Waals surface area contributed by atoms with Crippen molar-refractivity contribution < 1.29 is 0 Å². The van der Waals surface area contributed by atoms with Gasteiger partial charge in [-0.25, -0.2) is 14.0 Å². The summed E-state index contributed by atoms with van der Waals surface area (Å²) in [6, 6.07) is 7.09. The smallest absolute Gasteiger partial charge is 0.350 e. The van der Waals surface area contributed by atoms with E-state index < -0.39 is 0 Å². The van der Waals surface area contributed by atoms with E-state index in [9.17, 15) is 4.79 Å².